The summed E-state index contributed by atoms with van der Waals surface area (Å²) in [7, 11) is 1.39. The maximum Gasteiger partial charge on any atom is 0.338 e. The first-order valence-corrected chi connectivity index (χ1v) is 8.16. The van der Waals surface area contributed by atoms with Gasteiger partial charge in [-0.25, -0.2) is 4.79 Å². The Morgan fingerprint density at radius 2 is 2.25 bits per heavy atom. The van der Waals surface area contributed by atoms with Crippen molar-refractivity contribution in [3.05, 3.63) is 32.1 Å². The molecule has 1 aliphatic rings. The molecule has 1 atom stereocenters. The summed E-state index contributed by atoms with van der Waals surface area (Å²) in [6.45, 7) is 4.03. The minimum Gasteiger partial charge on any atom is -0.466 e. The third kappa shape index (κ3) is 3.05. The van der Waals surface area contributed by atoms with E-state index in [4.69, 9.17) is 17.0 Å². The molecule has 1 aromatic rings. The highest BCUT2D eigenvalue weighted by Crippen LogP contribution is 2.34. The third-order valence-electron chi connectivity index (χ3n) is 2.96. The van der Waals surface area contributed by atoms with Crippen LogP contribution in [0.4, 0.5) is 0 Å². The van der Waals surface area contributed by atoms with Gasteiger partial charge in [0.25, 0.3) is 0 Å². The molecule has 2 N–H and O–H groups in total. The Morgan fingerprint density at radius 1 is 1.55 bits per heavy atom. The van der Waals surface area contributed by atoms with Crippen molar-refractivity contribution < 1.29 is 9.53 Å². The van der Waals surface area contributed by atoms with Crippen LogP contribution in [0.1, 0.15) is 24.8 Å². The molecule has 0 spiro atoms. The number of ether oxygens (including phenoxy) is 1. The molecule has 0 fully saturated rings. The van der Waals surface area contributed by atoms with Crippen LogP contribution in [-0.2, 0) is 9.53 Å². The number of rotatable bonds is 3. The molecular weight excluding hydrogens is 360 g/mol. The molecule has 0 bridgehead atoms. The molecule has 0 aromatic carbocycles. The maximum absolute atomic E-state index is 12.2. The van der Waals surface area contributed by atoms with Gasteiger partial charge in [0.05, 0.1) is 18.7 Å². The number of nitrogens with one attached hydrogen (secondary N) is 2. The molecule has 7 heteroatoms. The van der Waals surface area contributed by atoms with Crippen molar-refractivity contribution in [3.63, 3.8) is 0 Å². The summed E-state index contributed by atoms with van der Waals surface area (Å²) >= 11 is 10.2. The molecule has 0 aliphatic carbocycles. The highest BCUT2D eigenvalue weighted by atomic mass is 79.9. The summed E-state index contributed by atoms with van der Waals surface area (Å²) in [5, 5.41) is 8.73. The van der Waals surface area contributed by atoms with Crippen molar-refractivity contribution in [2.24, 2.45) is 5.92 Å². The van der Waals surface area contributed by atoms with Crippen molar-refractivity contribution in [1.29, 1.82) is 0 Å². The monoisotopic (exact) mass is 374 g/mol. The van der Waals surface area contributed by atoms with Crippen LogP contribution in [0, 0.1) is 5.92 Å². The minimum atomic E-state index is -0.342. The molecule has 0 radical (unpaired) electrons. The smallest absolute Gasteiger partial charge is 0.338 e. The molecule has 2 heterocycles. The Morgan fingerprint density at radius 3 is 2.75 bits per heavy atom. The Hall–Kier alpha value is -0.920. The summed E-state index contributed by atoms with van der Waals surface area (Å²) in [5.74, 6) is -0.194. The second-order valence-corrected chi connectivity index (χ2v) is 6.94. The van der Waals surface area contributed by atoms with E-state index in [0.29, 0.717) is 10.7 Å². The van der Waals surface area contributed by atoms with Gasteiger partial charge in [0, 0.05) is 20.4 Å². The Balaban J connectivity index is 2.54. The van der Waals surface area contributed by atoms with Gasteiger partial charge in [-0.2, -0.15) is 0 Å². The number of allylic oxidation sites excluding steroid dienone is 1. The van der Waals surface area contributed by atoms with Gasteiger partial charge < -0.3 is 15.4 Å². The fourth-order valence-electron chi connectivity index (χ4n) is 2.07. The number of hydrogen-bond acceptors (Lipinski definition) is 4. The van der Waals surface area contributed by atoms with Crippen molar-refractivity contribution in [2.75, 3.05) is 7.11 Å². The standard InChI is InChI=1S/C13H15BrN2O2S2/c1-6(2)10-9(12(17)18-3)11(16-13(19)15-10)8-4-7(14)5-20-8/h4-6,11H,1-3H3,(H2,15,16,19)/t11-/m0/s1. The first-order chi connectivity index (χ1) is 9.43. The number of carbonyl (C=O) groups is 1. The van der Waals surface area contributed by atoms with Crippen LogP contribution in [0.5, 0.6) is 0 Å². The van der Waals surface area contributed by atoms with Gasteiger partial charge in [0.15, 0.2) is 5.11 Å². The summed E-state index contributed by atoms with van der Waals surface area (Å²) in [6, 6.07) is 1.71. The SMILES string of the molecule is COC(=O)C1=C(C(C)C)NC(=S)N[C@H]1c1cc(Br)cs1. The van der Waals surface area contributed by atoms with E-state index < -0.39 is 0 Å². The lowest BCUT2D eigenvalue weighted by Gasteiger charge is -2.31. The number of hydrogen-bond donors (Lipinski definition) is 2. The Bertz CT molecular complexity index is 581. The number of methoxy groups -OCH3 is 1. The molecule has 0 saturated heterocycles. The lowest BCUT2D eigenvalue weighted by Crippen LogP contribution is -2.46. The van der Waals surface area contributed by atoms with Crippen LogP contribution >= 0.6 is 39.5 Å². The van der Waals surface area contributed by atoms with Crippen molar-refractivity contribution in [1.82, 2.24) is 10.6 Å². The van der Waals surface area contributed by atoms with E-state index >= 15 is 0 Å². The first kappa shape index (κ1) is 15.5. The largest absolute Gasteiger partial charge is 0.466 e. The molecule has 1 aromatic heterocycles. The lowest BCUT2D eigenvalue weighted by molar-refractivity contribution is -0.136. The normalized spacial score (nSPS) is 18.9. The number of esters is 1. The molecule has 108 valence electrons. The quantitative estimate of drug-likeness (QED) is 0.628. The van der Waals surface area contributed by atoms with Gasteiger partial charge >= 0.3 is 5.97 Å². The van der Waals surface area contributed by atoms with E-state index in [1.54, 1.807) is 11.3 Å². The first-order valence-electron chi connectivity index (χ1n) is 6.07. The molecule has 4 nitrogen and oxygen atoms in total. The van der Waals surface area contributed by atoms with E-state index in [1.165, 1.54) is 7.11 Å². The molecule has 0 amide bonds. The molecule has 1 aliphatic heterocycles. The van der Waals surface area contributed by atoms with Crippen molar-refractivity contribution in [2.45, 2.75) is 19.9 Å². The van der Waals surface area contributed by atoms with Crippen molar-refractivity contribution >= 4 is 50.6 Å². The summed E-state index contributed by atoms with van der Waals surface area (Å²) in [4.78, 5) is 13.2. The van der Waals surface area contributed by atoms with E-state index in [1.807, 2.05) is 25.3 Å². The van der Waals surface area contributed by atoms with Crippen LogP contribution in [0.15, 0.2) is 27.2 Å². The van der Waals surface area contributed by atoms with Gasteiger partial charge in [-0.15, -0.1) is 11.3 Å². The van der Waals surface area contributed by atoms with Crippen LogP contribution in [-0.4, -0.2) is 18.2 Å². The lowest BCUT2D eigenvalue weighted by atomic mass is 9.95. The topological polar surface area (TPSA) is 50.4 Å². The average molecular weight is 375 g/mol. The molecule has 2 rings (SSSR count). The van der Waals surface area contributed by atoms with Crippen molar-refractivity contribution in [3.8, 4) is 0 Å². The summed E-state index contributed by atoms with van der Waals surface area (Å²) in [6.07, 6.45) is 0. The average Bonchev–Trinajstić information content (AvgIpc) is 2.83. The maximum atomic E-state index is 12.2. The fourth-order valence-corrected chi connectivity index (χ4v) is 3.80. The second kappa shape index (κ2) is 6.24. The fraction of sp³-hybridized carbons (Fsp3) is 0.385. The van der Waals surface area contributed by atoms with E-state index in [2.05, 4.69) is 26.6 Å². The molecule has 0 unspecified atom stereocenters. The minimum absolute atomic E-state index is 0.148. The van der Waals surface area contributed by atoms with Crippen LogP contribution in [0.3, 0.4) is 0 Å². The zero-order chi connectivity index (χ0) is 14.9. The van der Waals surface area contributed by atoms with Gasteiger partial charge in [0.2, 0.25) is 0 Å². The van der Waals surface area contributed by atoms with E-state index in [9.17, 15) is 4.79 Å². The predicted octanol–water partition coefficient (Wildman–Crippen LogP) is 3.11. The number of thiocarbonyl (C=S) groups is 1. The zero-order valence-electron chi connectivity index (χ0n) is 11.3. The van der Waals surface area contributed by atoms with Gasteiger partial charge in [-0.1, -0.05) is 13.8 Å². The number of thiophene rings is 1. The highest BCUT2D eigenvalue weighted by Gasteiger charge is 2.33. The van der Waals surface area contributed by atoms with Crippen LogP contribution < -0.4 is 10.6 Å². The van der Waals surface area contributed by atoms with Crippen LogP contribution in [0.2, 0.25) is 0 Å². The van der Waals surface area contributed by atoms with Gasteiger partial charge in [0.1, 0.15) is 0 Å². The van der Waals surface area contributed by atoms with E-state index in [-0.39, 0.29) is 17.9 Å². The number of carbonyl (C=O) groups excluding carboxylic acids is 1. The Labute approximate surface area is 135 Å². The van der Waals surface area contributed by atoms with E-state index in [0.717, 1.165) is 15.0 Å². The molecule has 20 heavy (non-hydrogen) atoms. The molecular formula is C13H15BrN2O2S2. The van der Waals surface area contributed by atoms with Gasteiger partial charge in [-0.3, -0.25) is 0 Å². The Kier molecular flexibility index (Phi) is 4.82. The van der Waals surface area contributed by atoms with Crippen LogP contribution in [0.25, 0.3) is 0 Å². The molecule has 0 saturated carbocycles. The highest BCUT2D eigenvalue weighted by molar-refractivity contribution is 9.10. The zero-order valence-corrected chi connectivity index (χ0v) is 14.5. The summed E-state index contributed by atoms with van der Waals surface area (Å²) in [5.41, 5.74) is 1.40. The number of halogens is 1. The second-order valence-electron chi connectivity index (χ2n) is 4.67. The predicted molar refractivity (Wildman–Crippen MR) is 87.5 cm³/mol. The third-order valence-corrected chi connectivity index (χ3v) is 4.94. The summed E-state index contributed by atoms with van der Waals surface area (Å²) < 4.78 is 5.92. The van der Waals surface area contributed by atoms with Gasteiger partial charge in [-0.05, 0) is 40.1 Å².